The molecule has 2 atom stereocenters. The Morgan fingerprint density at radius 3 is 2.58 bits per heavy atom. The van der Waals surface area contributed by atoms with Crippen LogP contribution in [0.25, 0.3) is 11.3 Å². The van der Waals surface area contributed by atoms with Crippen LogP contribution in [0.15, 0.2) is 48.7 Å². The molecule has 9 nitrogen and oxygen atoms in total. The Bertz CT molecular complexity index is 1280. The van der Waals surface area contributed by atoms with Crippen LogP contribution in [-0.4, -0.2) is 77.4 Å². The zero-order valence-corrected chi connectivity index (χ0v) is 22.6. The summed E-state index contributed by atoms with van der Waals surface area (Å²) >= 11 is 6.56. The summed E-state index contributed by atoms with van der Waals surface area (Å²) in [6.45, 7) is 7.63. The summed E-state index contributed by atoms with van der Waals surface area (Å²) in [6, 6.07) is 14.6. The van der Waals surface area contributed by atoms with Gasteiger partial charge in [0.15, 0.2) is 0 Å². The second-order valence-electron chi connectivity index (χ2n) is 9.96. The van der Waals surface area contributed by atoms with Crippen molar-refractivity contribution in [3.05, 3.63) is 59.2 Å². The first kappa shape index (κ1) is 26.2. The van der Waals surface area contributed by atoms with Gasteiger partial charge in [0.1, 0.15) is 11.6 Å². The monoisotopic (exact) mass is 535 g/mol. The molecule has 0 radical (unpaired) electrons. The van der Waals surface area contributed by atoms with Crippen molar-refractivity contribution < 1.29 is 9.90 Å². The molecule has 2 fully saturated rings. The van der Waals surface area contributed by atoms with E-state index in [0.29, 0.717) is 35.5 Å². The van der Waals surface area contributed by atoms with Crippen molar-refractivity contribution in [2.24, 2.45) is 0 Å². The van der Waals surface area contributed by atoms with Crippen LogP contribution in [0.5, 0.6) is 0 Å². The predicted molar refractivity (Wildman–Crippen MR) is 151 cm³/mol. The van der Waals surface area contributed by atoms with E-state index >= 15 is 0 Å². The number of aliphatic hydroxyl groups excluding tert-OH is 1. The van der Waals surface area contributed by atoms with Crippen LogP contribution in [0.4, 0.5) is 17.6 Å². The van der Waals surface area contributed by atoms with Crippen LogP contribution in [0.1, 0.15) is 37.0 Å². The molecule has 1 amide bonds. The fraction of sp³-hybridized carbons (Fsp3) is 0.429. The van der Waals surface area contributed by atoms with Crippen LogP contribution in [-0.2, 0) is 0 Å². The summed E-state index contributed by atoms with van der Waals surface area (Å²) in [5, 5.41) is 12.0. The zero-order valence-electron chi connectivity index (χ0n) is 21.8. The highest BCUT2D eigenvalue weighted by Gasteiger charge is 2.29. The van der Waals surface area contributed by atoms with Crippen molar-refractivity contribution in [1.82, 2.24) is 20.3 Å². The van der Waals surface area contributed by atoms with E-state index in [4.69, 9.17) is 26.7 Å². The zero-order chi connectivity index (χ0) is 26.6. The highest BCUT2D eigenvalue weighted by atomic mass is 35.5. The van der Waals surface area contributed by atoms with Gasteiger partial charge in [0, 0.05) is 62.6 Å². The quantitative estimate of drug-likeness (QED) is 0.473. The molecular weight excluding hydrogens is 502 g/mol. The summed E-state index contributed by atoms with van der Waals surface area (Å²) in [5.41, 5.74) is 2.38. The van der Waals surface area contributed by atoms with Gasteiger partial charge in [0.05, 0.1) is 22.9 Å². The fourth-order valence-corrected chi connectivity index (χ4v) is 5.52. The summed E-state index contributed by atoms with van der Waals surface area (Å²) in [5.74, 6) is 2.08. The standard InChI is InChI=1S/C28H34ClN7O2/c1-19-7-6-11-36(19)28-32-24(21-8-4-3-5-9-21)16-25(33-28)35-13-12-34(18-20(35)2)26-23(29)15-22(17-31-26)27(38)30-10-14-37/h3-5,8-9,15-17,19-20,37H,6-7,10-14,18H2,1-2H3,(H,30,38). The Kier molecular flexibility index (Phi) is 7.95. The number of nitrogens with zero attached hydrogens (tertiary/aromatic N) is 6. The number of carbonyl (C=O) groups excluding carboxylic acids is 1. The number of anilines is 3. The topological polar surface area (TPSA) is 97.7 Å². The molecule has 0 saturated carbocycles. The number of hydrogen-bond donors (Lipinski definition) is 2. The van der Waals surface area contributed by atoms with E-state index in [1.54, 1.807) is 6.07 Å². The summed E-state index contributed by atoms with van der Waals surface area (Å²) in [6.07, 6.45) is 3.84. The van der Waals surface area contributed by atoms with Gasteiger partial charge in [-0.3, -0.25) is 4.79 Å². The lowest BCUT2D eigenvalue weighted by atomic mass is 10.1. The first-order chi connectivity index (χ1) is 18.4. The number of benzene rings is 1. The van der Waals surface area contributed by atoms with Gasteiger partial charge in [-0.2, -0.15) is 4.98 Å². The van der Waals surface area contributed by atoms with Gasteiger partial charge in [0.2, 0.25) is 5.95 Å². The van der Waals surface area contributed by atoms with E-state index in [2.05, 4.69) is 57.0 Å². The maximum absolute atomic E-state index is 12.2. The van der Waals surface area contributed by atoms with E-state index < -0.39 is 0 Å². The number of aromatic nitrogens is 3. The summed E-state index contributed by atoms with van der Waals surface area (Å²) < 4.78 is 0. The molecule has 38 heavy (non-hydrogen) atoms. The molecule has 2 aliphatic heterocycles. The number of piperazine rings is 1. The van der Waals surface area contributed by atoms with Crippen molar-refractivity contribution in [2.45, 2.75) is 38.8 Å². The second kappa shape index (κ2) is 11.5. The molecule has 2 aromatic heterocycles. The van der Waals surface area contributed by atoms with Crippen LogP contribution in [0.3, 0.4) is 0 Å². The highest BCUT2D eigenvalue weighted by molar-refractivity contribution is 6.33. The summed E-state index contributed by atoms with van der Waals surface area (Å²) in [7, 11) is 0. The van der Waals surface area contributed by atoms with Gasteiger partial charge in [0.25, 0.3) is 5.91 Å². The van der Waals surface area contributed by atoms with E-state index in [1.165, 1.54) is 6.20 Å². The summed E-state index contributed by atoms with van der Waals surface area (Å²) in [4.78, 5) is 33.6. The number of pyridine rings is 1. The van der Waals surface area contributed by atoms with Crippen LogP contribution < -0.4 is 20.0 Å². The minimum atomic E-state index is -0.306. The number of aliphatic hydroxyl groups is 1. The molecule has 3 aromatic rings. The average molecular weight is 536 g/mol. The molecule has 2 saturated heterocycles. The maximum atomic E-state index is 12.2. The smallest absolute Gasteiger partial charge is 0.252 e. The molecule has 4 heterocycles. The molecule has 0 bridgehead atoms. The van der Waals surface area contributed by atoms with Crippen LogP contribution in [0, 0.1) is 0 Å². The average Bonchev–Trinajstić information content (AvgIpc) is 3.37. The van der Waals surface area contributed by atoms with Crippen molar-refractivity contribution in [1.29, 1.82) is 0 Å². The number of carbonyl (C=O) groups is 1. The third-order valence-electron chi connectivity index (χ3n) is 7.28. The van der Waals surface area contributed by atoms with Crippen molar-refractivity contribution in [2.75, 3.05) is 54.0 Å². The van der Waals surface area contributed by atoms with E-state index in [0.717, 1.165) is 49.0 Å². The molecule has 2 aliphatic rings. The normalized spacial score (nSPS) is 19.6. The first-order valence-corrected chi connectivity index (χ1v) is 13.6. The lowest BCUT2D eigenvalue weighted by Gasteiger charge is -2.41. The maximum Gasteiger partial charge on any atom is 0.252 e. The van der Waals surface area contributed by atoms with Crippen molar-refractivity contribution in [3.8, 4) is 11.3 Å². The number of amides is 1. The van der Waals surface area contributed by atoms with E-state index in [-0.39, 0.29) is 25.1 Å². The van der Waals surface area contributed by atoms with Gasteiger partial charge in [-0.15, -0.1) is 0 Å². The van der Waals surface area contributed by atoms with Crippen molar-refractivity contribution in [3.63, 3.8) is 0 Å². The Balaban J connectivity index is 1.37. The molecule has 2 unspecified atom stereocenters. The van der Waals surface area contributed by atoms with Gasteiger partial charge in [-0.1, -0.05) is 41.9 Å². The number of nitrogens with one attached hydrogen (secondary N) is 1. The molecule has 200 valence electrons. The van der Waals surface area contributed by atoms with Crippen molar-refractivity contribution >= 4 is 35.1 Å². The van der Waals surface area contributed by atoms with Crippen LogP contribution >= 0.6 is 11.6 Å². The molecule has 2 N–H and O–H groups in total. The Morgan fingerprint density at radius 1 is 1.08 bits per heavy atom. The molecule has 0 spiro atoms. The third kappa shape index (κ3) is 5.54. The second-order valence-corrected chi connectivity index (χ2v) is 10.4. The Hall–Kier alpha value is -3.43. The predicted octanol–water partition coefficient (Wildman–Crippen LogP) is 3.62. The lowest BCUT2D eigenvalue weighted by Crippen LogP contribution is -2.53. The Morgan fingerprint density at radius 2 is 1.89 bits per heavy atom. The van der Waals surface area contributed by atoms with Gasteiger partial charge in [-0.05, 0) is 32.8 Å². The largest absolute Gasteiger partial charge is 0.395 e. The Labute approximate surface area is 228 Å². The minimum absolute atomic E-state index is 0.120. The number of rotatable bonds is 7. The lowest BCUT2D eigenvalue weighted by molar-refractivity contribution is 0.0944. The van der Waals surface area contributed by atoms with Crippen LogP contribution in [0.2, 0.25) is 5.02 Å². The first-order valence-electron chi connectivity index (χ1n) is 13.2. The molecule has 1 aromatic carbocycles. The highest BCUT2D eigenvalue weighted by Crippen LogP contribution is 2.32. The van der Waals surface area contributed by atoms with E-state index in [9.17, 15) is 4.79 Å². The molecule has 5 rings (SSSR count). The van der Waals surface area contributed by atoms with Gasteiger partial charge in [-0.25, -0.2) is 9.97 Å². The third-order valence-corrected chi connectivity index (χ3v) is 7.56. The molecule has 10 heteroatoms. The van der Waals surface area contributed by atoms with Gasteiger partial charge < -0.3 is 25.1 Å². The molecule has 0 aliphatic carbocycles. The number of hydrogen-bond acceptors (Lipinski definition) is 8. The van der Waals surface area contributed by atoms with Gasteiger partial charge >= 0.3 is 0 Å². The number of halogens is 1. The fourth-order valence-electron chi connectivity index (χ4n) is 5.23. The SMILES string of the molecule is CC1CN(c2ncc(C(=O)NCCO)cc2Cl)CCN1c1cc(-c2ccccc2)nc(N2CCCC2C)n1. The minimum Gasteiger partial charge on any atom is -0.395 e. The van der Waals surface area contributed by atoms with E-state index in [1.807, 2.05) is 18.2 Å². The molecular formula is C28H34ClN7O2.